The van der Waals surface area contributed by atoms with Crippen molar-refractivity contribution in [1.82, 2.24) is 5.32 Å². The van der Waals surface area contributed by atoms with Gasteiger partial charge in [-0.15, -0.1) is 0 Å². The van der Waals surface area contributed by atoms with Gasteiger partial charge in [-0.2, -0.15) is 0 Å². The second-order valence-electron chi connectivity index (χ2n) is 4.43. The molecule has 4 nitrogen and oxygen atoms in total. The number of nitrogens with one attached hydrogen (secondary N) is 2. The number of aryl methyl sites for hydroxylation is 1. The van der Waals surface area contributed by atoms with Crippen LogP contribution >= 0.6 is 0 Å². The van der Waals surface area contributed by atoms with E-state index in [4.69, 9.17) is 4.74 Å². The molecule has 0 saturated carbocycles. The molecule has 1 rings (SSSR count). The number of ether oxygens (including phenoxy) is 1. The van der Waals surface area contributed by atoms with Gasteiger partial charge in [0.15, 0.2) is 0 Å². The molecule has 0 aliphatic heterocycles. The highest BCUT2D eigenvalue weighted by Gasteiger charge is 2.10. The molecule has 4 heteroatoms. The Labute approximate surface area is 115 Å². The Kier molecular flexibility index (Phi) is 6.97. The van der Waals surface area contributed by atoms with Gasteiger partial charge >= 0.3 is 0 Å². The molecule has 0 bridgehead atoms. The number of amides is 1. The van der Waals surface area contributed by atoms with E-state index < -0.39 is 0 Å². The lowest BCUT2D eigenvalue weighted by molar-refractivity contribution is 0.0923. The number of hydrogen-bond donors (Lipinski definition) is 2. The minimum atomic E-state index is -0.0571. The van der Waals surface area contributed by atoms with E-state index in [1.165, 1.54) is 0 Å². The molecule has 19 heavy (non-hydrogen) atoms. The van der Waals surface area contributed by atoms with E-state index in [-0.39, 0.29) is 5.91 Å². The Balaban J connectivity index is 2.66. The van der Waals surface area contributed by atoms with Crippen LogP contribution < -0.4 is 10.6 Å². The number of carbonyl (C=O) groups excluding carboxylic acids is 1. The van der Waals surface area contributed by atoms with Gasteiger partial charge in [-0.25, -0.2) is 0 Å². The smallest absolute Gasteiger partial charge is 0.253 e. The van der Waals surface area contributed by atoms with Gasteiger partial charge in [0, 0.05) is 25.4 Å². The monoisotopic (exact) mass is 264 g/mol. The summed E-state index contributed by atoms with van der Waals surface area (Å²) in [5, 5.41) is 6.16. The molecule has 0 aromatic heterocycles. The fourth-order valence-corrected chi connectivity index (χ4v) is 1.74. The van der Waals surface area contributed by atoms with Crippen molar-refractivity contribution in [3.63, 3.8) is 0 Å². The molecule has 0 radical (unpaired) electrons. The minimum Gasteiger partial charge on any atom is -0.384 e. The zero-order chi connectivity index (χ0) is 14.1. The maximum absolute atomic E-state index is 12.1. The molecule has 2 N–H and O–H groups in total. The Bertz CT molecular complexity index is 405. The van der Waals surface area contributed by atoms with Crippen LogP contribution in [0.1, 0.15) is 36.2 Å². The molecule has 0 spiro atoms. The van der Waals surface area contributed by atoms with Crippen LogP contribution in [0.25, 0.3) is 0 Å². The number of benzene rings is 1. The zero-order valence-corrected chi connectivity index (χ0v) is 12.1. The Morgan fingerprint density at radius 3 is 2.74 bits per heavy atom. The first-order valence-corrected chi connectivity index (χ1v) is 6.89. The van der Waals surface area contributed by atoms with Crippen LogP contribution in [0.5, 0.6) is 0 Å². The van der Waals surface area contributed by atoms with Crippen LogP contribution in [0.4, 0.5) is 5.69 Å². The van der Waals surface area contributed by atoms with Crippen LogP contribution in [0.3, 0.4) is 0 Å². The van der Waals surface area contributed by atoms with Gasteiger partial charge in [0.25, 0.3) is 5.91 Å². The molecule has 1 aromatic carbocycles. The molecule has 0 aliphatic carbocycles. The van der Waals surface area contributed by atoms with Gasteiger partial charge in [-0.3, -0.25) is 4.79 Å². The highest BCUT2D eigenvalue weighted by atomic mass is 16.5. The fraction of sp³-hybridized carbons (Fsp3) is 0.533. The van der Waals surface area contributed by atoms with E-state index in [0.717, 1.165) is 24.2 Å². The number of anilines is 1. The van der Waals surface area contributed by atoms with Crippen molar-refractivity contribution in [2.45, 2.75) is 27.2 Å². The molecule has 106 valence electrons. The third kappa shape index (κ3) is 5.30. The summed E-state index contributed by atoms with van der Waals surface area (Å²) in [5.74, 6) is -0.0571. The largest absolute Gasteiger partial charge is 0.384 e. The summed E-state index contributed by atoms with van der Waals surface area (Å²) in [4.78, 5) is 12.1. The predicted octanol–water partition coefficient (Wildman–Crippen LogP) is 2.58. The lowest BCUT2D eigenvalue weighted by Crippen LogP contribution is -2.28. The lowest BCUT2D eigenvalue weighted by Gasteiger charge is -2.12. The molecular formula is C15H24N2O2. The van der Waals surface area contributed by atoms with Crippen molar-refractivity contribution in [2.24, 2.45) is 0 Å². The summed E-state index contributed by atoms with van der Waals surface area (Å²) in [6.07, 6.45) is 1.03. The molecule has 0 atom stereocenters. The van der Waals surface area contributed by atoms with Crippen LogP contribution in [-0.2, 0) is 4.74 Å². The second-order valence-corrected chi connectivity index (χ2v) is 4.43. The van der Waals surface area contributed by atoms with Crippen molar-refractivity contribution in [2.75, 3.05) is 31.6 Å². The summed E-state index contributed by atoms with van der Waals surface area (Å²) in [5.41, 5.74) is 2.73. The van der Waals surface area contributed by atoms with Crippen LogP contribution in [0.2, 0.25) is 0 Å². The van der Waals surface area contributed by atoms with Crippen LogP contribution in [0, 0.1) is 6.92 Å². The average Bonchev–Trinajstić information content (AvgIpc) is 2.41. The van der Waals surface area contributed by atoms with Crippen molar-refractivity contribution in [3.8, 4) is 0 Å². The minimum absolute atomic E-state index is 0.0571. The van der Waals surface area contributed by atoms with E-state index in [2.05, 4.69) is 17.6 Å². The summed E-state index contributed by atoms with van der Waals surface area (Å²) < 4.78 is 5.20. The maximum atomic E-state index is 12.1. The quantitative estimate of drug-likeness (QED) is 0.710. The van der Waals surface area contributed by atoms with E-state index in [9.17, 15) is 4.79 Å². The molecule has 1 amide bonds. The van der Waals surface area contributed by atoms with Gasteiger partial charge in [-0.1, -0.05) is 13.0 Å². The molecule has 0 unspecified atom stereocenters. The highest BCUT2D eigenvalue weighted by molar-refractivity contribution is 5.99. The third-order valence-electron chi connectivity index (χ3n) is 2.72. The summed E-state index contributed by atoms with van der Waals surface area (Å²) in [7, 11) is 0. The molecule has 0 heterocycles. The predicted molar refractivity (Wildman–Crippen MR) is 78.8 cm³/mol. The van der Waals surface area contributed by atoms with Gasteiger partial charge in [-0.05, 0) is 38.0 Å². The van der Waals surface area contributed by atoms with Crippen molar-refractivity contribution >= 4 is 11.6 Å². The lowest BCUT2D eigenvalue weighted by atomic mass is 10.1. The topological polar surface area (TPSA) is 50.4 Å². The normalized spacial score (nSPS) is 10.3. The van der Waals surface area contributed by atoms with Gasteiger partial charge in [0.1, 0.15) is 0 Å². The number of rotatable bonds is 8. The van der Waals surface area contributed by atoms with E-state index in [1.54, 1.807) is 0 Å². The summed E-state index contributed by atoms with van der Waals surface area (Å²) in [6.45, 7) is 8.68. The number of hydrogen-bond acceptors (Lipinski definition) is 3. The standard InChI is InChI=1S/C15H24N2O2/c1-4-8-16-14-11-12(3)6-7-13(14)15(18)17-9-10-19-5-2/h6-7,11,16H,4-5,8-10H2,1-3H3,(H,17,18). The van der Waals surface area contributed by atoms with E-state index in [0.29, 0.717) is 25.3 Å². The molecule has 0 fully saturated rings. The van der Waals surface area contributed by atoms with E-state index in [1.807, 2.05) is 32.0 Å². The maximum Gasteiger partial charge on any atom is 0.253 e. The van der Waals surface area contributed by atoms with Crippen LogP contribution in [0.15, 0.2) is 18.2 Å². The third-order valence-corrected chi connectivity index (χ3v) is 2.72. The SMILES string of the molecule is CCCNc1cc(C)ccc1C(=O)NCCOCC. The molecule has 0 saturated heterocycles. The Hall–Kier alpha value is -1.55. The molecule has 0 aliphatic rings. The number of carbonyl (C=O) groups is 1. The van der Waals surface area contributed by atoms with Gasteiger partial charge < -0.3 is 15.4 Å². The first-order valence-electron chi connectivity index (χ1n) is 6.89. The van der Waals surface area contributed by atoms with Crippen molar-refractivity contribution < 1.29 is 9.53 Å². The average molecular weight is 264 g/mol. The van der Waals surface area contributed by atoms with Crippen LogP contribution in [-0.4, -0.2) is 32.2 Å². The first kappa shape index (κ1) is 15.5. The van der Waals surface area contributed by atoms with Crippen molar-refractivity contribution in [3.05, 3.63) is 29.3 Å². The highest BCUT2D eigenvalue weighted by Crippen LogP contribution is 2.17. The summed E-state index contributed by atoms with van der Waals surface area (Å²) in [6, 6.07) is 5.82. The zero-order valence-electron chi connectivity index (χ0n) is 12.1. The van der Waals surface area contributed by atoms with Gasteiger partial charge in [0.2, 0.25) is 0 Å². The van der Waals surface area contributed by atoms with Crippen molar-refractivity contribution in [1.29, 1.82) is 0 Å². The Morgan fingerprint density at radius 2 is 2.05 bits per heavy atom. The fourth-order valence-electron chi connectivity index (χ4n) is 1.74. The summed E-state index contributed by atoms with van der Waals surface area (Å²) >= 11 is 0. The first-order chi connectivity index (χ1) is 9.19. The second kappa shape index (κ2) is 8.53. The van der Waals surface area contributed by atoms with Gasteiger partial charge in [0.05, 0.1) is 12.2 Å². The molecule has 1 aromatic rings. The molecular weight excluding hydrogens is 240 g/mol. The Morgan fingerprint density at radius 1 is 1.26 bits per heavy atom. The van der Waals surface area contributed by atoms with E-state index >= 15 is 0 Å².